The normalized spacial score (nSPS) is 15.6. The molecule has 1 aromatic heterocycles. The number of anilines is 2. The Morgan fingerprint density at radius 1 is 1.42 bits per heavy atom. The summed E-state index contributed by atoms with van der Waals surface area (Å²) in [6, 6.07) is 1.96. The Balaban J connectivity index is 2.25. The molecule has 2 heterocycles. The van der Waals surface area contributed by atoms with Crippen LogP contribution in [0.4, 0.5) is 11.5 Å². The molecule has 26 heavy (non-hydrogen) atoms. The van der Waals surface area contributed by atoms with Crippen LogP contribution in [0.15, 0.2) is 23.0 Å². The van der Waals surface area contributed by atoms with Crippen molar-refractivity contribution in [1.29, 1.82) is 0 Å². The number of nitrogens with zero attached hydrogens (tertiary/aromatic N) is 3. The molecule has 1 aliphatic heterocycles. The summed E-state index contributed by atoms with van der Waals surface area (Å²) < 4.78 is 0. The first kappa shape index (κ1) is 19.8. The van der Waals surface area contributed by atoms with E-state index in [1.807, 2.05) is 26.1 Å². The molecule has 0 fully saturated rings. The van der Waals surface area contributed by atoms with E-state index in [-0.39, 0.29) is 12.3 Å². The fourth-order valence-corrected chi connectivity index (χ4v) is 2.84. The third-order valence-corrected chi connectivity index (χ3v) is 4.49. The van der Waals surface area contributed by atoms with Crippen molar-refractivity contribution in [3.8, 4) is 0 Å². The molecule has 7 heteroatoms. The van der Waals surface area contributed by atoms with Crippen molar-refractivity contribution >= 4 is 23.2 Å². The largest absolute Gasteiger partial charge is 0.382 e. The van der Waals surface area contributed by atoms with Gasteiger partial charge in [-0.15, -0.1) is 0 Å². The van der Waals surface area contributed by atoms with Crippen LogP contribution in [0.3, 0.4) is 0 Å². The molecule has 0 aromatic carbocycles. The van der Waals surface area contributed by atoms with Crippen LogP contribution in [0, 0.1) is 6.92 Å². The maximum absolute atomic E-state index is 11.8. The number of hydrogen-bond acceptors (Lipinski definition) is 5. The molecule has 0 spiro atoms. The Bertz CT molecular complexity index is 710. The number of nitrogen functional groups attached to an aromatic ring is 1. The highest BCUT2D eigenvalue weighted by atomic mass is 16.1. The third-order valence-electron chi connectivity index (χ3n) is 4.49. The molecule has 0 aliphatic carbocycles. The highest BCUT2D eigenvalue weighted by Gasteiger charge is 2.20. The SMILES string of the molecule is CCCCCN=C1CN(c2cc(CC(=O)NC)c(C)nc2N)C(C)=CN1. The van der Waals surface area contributed by atoms with E-state index in [1.54, 1.807) is 7.05 Å². The van der Waals surface area contributed by atoms with Gasteiger partial charge in [-0.1, -0.05) is 19.8 Å². The molecule has 1 aliphatic rings. The van der Waals surface area contributed by atoms with Gasteiger partial charge in [0.25, 0.3) is 0 Å². The number of aliphatic imine (C=N–C) groups is 1. The second kappa shape index (κ2) is 9.22. The van der Waals surface area contributed by atoms with Gasteiger partial charge in [0.15, 0.2) is 0 Å². The summed E-state index contributed by atoms with van der Waals surface area (Å²) in [6.07, 6.45) is 5.68. The zero-order valence-corrected chi connectivity index (χ0v) is 16.2. The van der Waals surface area contributed by atoms with E-state index in [0.717, 1.165) is 41.4 Å². The number of hydrogen-bond donors (Lipinski definition) is 3. The standard InChI is InChI=1S/C19H30N6O/c1-5-6-7-8-22-17-12-25(13(2)11-23-17)16-9-15(10-18(26)21-4)14(3)24-19(16)20/h9,11H,5-8,10,12H2,1-4H3,(H2,20,24)(H,21,26)(H,22,23). The van der Waals surface area contributed by atoms with E-state index in [9.17, 15) is 4.79 Å². The summed E-state index contributed by atoms with van der Waals surface area (Å²) >= 11 is 0. The first-order chi connectivity index (χ1) is 12.5. The minimum atomic E-state index is -0.0450. The van der Waals surface area contributed by atoms with E-state index in [0.29, 0.717) is 12.4 Å². The molecule has 142 valence electrons. The number of nitrogens with one attached hydrogen (secondary N) is 2. The molecule has 7 nitrogen and oxygen atoms in total. The summed E-state index contributed by atoms with van der Waals surface area (Å²) in [4.78, 5) is 23.0. The molecule has 0 unspecified atom stereocenters. The predicted octanol–water partition coefficient (Wildman–Crippen LogP) is 2.12. The minimum Gasteiger partial charge on any atom is -0.382 e. The van der Waals surface area contributed by atoms with Crippen LogP contribution < -0.4 is 21.3 Å². The van der Waals surface area contributed by atoms with Crippen molar-refractivity contribution in [1.82, 2.24) is 15.6 Å². The fourth-order valence-electron chi connectivity index (χ4n) is 2.84. The fraction of sp³-hybridized carbons (Fsp3) is 0.526. The van der Waals surface area contributed by atoms with Gasteiger partial charge in [-0.25, -0.2) is 4.98 Å². The molecule has 0 atom stereocenters. The Kier molecular flexibility index (Phi) is 7.00. The average Bonchev–Trinajstić information content (AvgIpc) is 2.62. The topological polar surface area (TPSA) is 95.6 Å². The van der Waals surface area contributed by atoms with Gasteiger partial charge >= 0.3 is 0 Å². The molecule has 0 radical (unpaired) electrons. The van der Waals surface area contributed by atoms with Crippen LogP contribution in [0.5, 0.6) is 0 Å². The summed E-state index contributed by atoms with van der Waals surface area (Å²) in [6.45, 7) is 7.50. The van der Waals surface area contributed by atoms with Gasteiger partial charge in [-0.2, -0.15) is 0 Å². The monoisotopic (exact) mass is 358 g/mol. The lowest BCUT2D eigenvalue weighted by atomic mass is 10.1. The quantitative estimate of drug-likeness (QED) is 0.649. The lowest BCUT2D eigenvalue weighted by molar-refractivity contribution is -0.119. The second-order valence-electron chi connectivity index (χ2n) is 6.54. The highest BCUT2D eigenvalue weighted by molar-refractivity contribution is 5.91. The van der Waals surface area contributed by atoms with Crippen LogP contribution >= 0.6 is 0 Å². The van der Waals surface area contributed by atoms with Crippen molar-refractivity contribution in [3.63, 3.8) is 0 Å². The van der Waals surface area contributed by atoms with Crippen LogP contribution in [-0.2, 0) is 11.2 Å². The number of unbranched alkanes of at least 4 members (excludes halogenated alkanes) is 2. The van der Waals surface area contributed by atoms with Crippen LogP contribution in [-0.4, -0.2) is 36.9 Å². The maximum Gasteiger partial charge on any atom is 0.224 e. The van der Waals surface area contributed by atoms with E-state index in [2.05, 4.69) is 32.4 Å². The summed E-state index contributed by atoms with van der Waals surface area (Å²) in [5.74, 6) is 1.33. The van der Waals surface area contributed by atoms with Gasteiger partial charge in [0.1, 0.15) is 11.7 Å². The van der Waals surface area contributed by atoms with E-state index in [1.165, 1.54) is 12.8 Å². The van der Waals surface area contributed by atoms with E-state index >= 15 is 0 Å². The number of carbonyl (C=O) groups is 1. The number of aryl methyl sites for hydroxylation is 1. The van der Waals surface area contributed by atoms with Crippen molar-refractivity contribution in [2.45, 2.75) is 46.5 Å². The van der Waals surface area contributed by atoms with Crippen LogP contribution in [0.1, 0.15) is 44.4 Å². The molecular weight excluding hydrogens is 328 g/mol. The molecular formula is C19H30N6O. The Labute approximate surface area is 155 Å². The lowest BCUT2D eigenvalue weighted by Crippen LogP contribution is -2.40. The molecule has 1 aromatic rings. The van der Waals surface area contributed by atoms with Gasteiger partial charge in [-0.05, 0) is 31.9 Å². The van der Waals surface area contributed by atoms with Gasteiger partial charge < -0.3 is 21.3 Å². The highest BCUT2D eigenvalue weighted by Crippen LogP contribution is 2.28. The molecule has 2 rings (SSSR count). The Morgan fingerprint density at radius 3 is 2.88 bits per heavy atom. The third kappa shape index (κ3) is 4.97. The average molecular weight is 358 g/mol. The zero-order chi connectivity index (χ0) is 19.1. The number of allylic oxidation sites excluding steroid dienone is 1. The minimum absolute atomic E-state index is 0.0450. The number of amides is 1. The summed E-state index contributed by atoms with van der Waals surface area (Å²) in [7, 11) is 1.63. The van der Waals surface area contributed by atoms with E-state index < -0.39 is 0 Å². The number of likely N-dealkylation sites (N-methyl/N-ethyl adjacent to an activating group) is 1. The maximum atomic E-state index is 11.8. The van der Waals surface area contributed by atoms with Crippen LogP contribution in [0.25, 0.3) is 0 Å². The number of nitrogens with two attached hydrogens (primary N) is 1. The molecule has 0 saturated heterocycles. The first-order valence-electron chi connectivity index (χ1n) is 9.17. The summed E-state index contributed by atoms with van der Waals surface area (Å²) in [5, 5.41) is 5.90. The van der Waals surface area contributed by atoms with E-state index in [4.69, 9.17) is 5.73 Å². The van der Waals surface area contributed by atoms with Crippen molar-refractivity contribution < 1.29 is 4.79 Å². The van der Waals surface area contributed by atoms with Gasteiger partial charge in [0.2, 0.25) is 5.91 Å². The Morgan fingerprint density at radius 2 is 2.19 bits per heavy atom. The van der Waals surface area contributed by atoms with Crippen molar-refractivity contribution in [3.05, 3.63) is 29.2 Å². The smallest absolute Gasteiger partial charge is 0.224 e. The second-order valence-corrected chi connectivity index (χ2v) is 6.54. The number of rotatable bonds is 7. The van der Waals surface area contributed by atoms with Gasteiger partial charge in [0.05, 0.1) is 18.7 Å². The molecule has 0 bridgehead atoms. The Hall–Kier alpha value is -2.57. The molecule has 4 N–H and O–H groups in total. The number of pyridine rings is 1. The van der Waals surface area contributed by atoms with Gasteiger partial charge in [-0.3, -0.25) is 9.79 Å². The summed E-state index contributed by atoms with van der Waals surface area (Å²) in [5.41, 5.74) is 9.68. The number of carbonyl (C=O) groups excluding carboxylic acids is 1. The van der Waals surface area contributed by atoms with Crippen LogP contribution in [0.2, 0.25) is 0 Å². The lowest BCUT2D eigenvalue weighted by Gasteiger charge is -2.31. The predicted molar refractivity (Wildman–Crippen MR) is 107 cm³/mol. The number of aromatic nitrogens is 1. The van der Waals surface area contributed by atoms with Crippen molar-refractivity contribution in [2.24, 2.45) is 4.99 Å². The zero-order valence-electron chi connectivity index (χ0n) is 16.2. The van der Waals surface area contributed by atoms with Crippen molar-refractivity contribution in [2.75, 3.05) is 30.8 Å². The molecule has 0 saturated carbocycles. The number of amidine groups is 1. The van der Waals surface area contributed by atoms with Gasteiger partial charge in [0, 0.05) is 31.2 Å². The first-order valence-corrected chi connectivity index (χ1v) is 9.17. The molecule has 1 amide bonds.